The Kier molecular flexibility index (Phi) is 5.70. The summed E-state index contributed by atoms with van der Waals surface area (Å²) in [5.41, 5.74) is -0.848. The van der Waals surface area contributed by atoms with E-state index >= 15 is 0 Å². The smallest absolute Gasteiger partial charge is 0.151 e. The van der Waals surface area contributed by atoms with Crippen LogP contribution in [0.5, 0.6) is 0 Å². The van der Waals surface area contributed by atoms with E-state index in [4.69, 9.17) is 23.2 Å². The average molecular weight is 413 g/mol. The van der Waals surface area contributed by atoms with E-state index in [1.807, 2.05) is 0 Å². The molecule has 0 amide bonds. The normalized spacial score (nSPS) is 47.2. The zero-order chi connectivity index (χ0) is 19.3. The van der Waals surface area contributed by atoms with Crippen LogP contribution < -0.4 is 0 Å². The second kappa shape index (κ2) is 7.50. The number of halogens is 2. The van der Waals surface area contributed by atoms with Crippen molar-refractivity contribution in [1.82, 2.24) is 0 Å². The second-order valence-electron chi connectivity index (χ2n) is 10.7. The van der Waals surface area contributed by atoms with Gasteiger partial charge >= 0.3 is 0 Å². The minimum Gasteiger partial charge on any atom is -0.298 e. The molecule has 0 bridgehead atoms. The molecule has 0 aromatic rings. The van der Waals surface area contributed by atoms with E-state index in [0.717, 1.165) is 62.2 Å². The van der Waals surface area contributed by atoms with Gasteiger partial charge in [0.2, 0.25) is 0 Å². The monoisotopic (exact) mass is 412 g/mol. The van der Waals surface area contributed by atoms with Crippen molar-refractivity contribution in [3.05, 3.63) is 0 Å². The van der Waals surface area contributed by atoms with Crippen molar-refractivity contribution in [1.29, 1.82) is 0 Å². The molecule has 0 aromatic carbocycles. The third kappa shape index (κ3) is 3.04. The summed E-state index contributed by atoms with van der Waals surface area (Å²) in [6.45, 7) is 4.65. The van der Waals surface area contributed by atoms with Gasteiger partial charge in [0.1, 0.15) is 4.33 Å². The fourth-order valence-corrected chi connectivity index (χ4v) is 8.55. The summed E-state index contributed by atoms with van der Waals surface area (Å²) in [6.07, 6.45) is 16.4. The molecular weight excluding hydrogens is 375 g/mol. The topological polar surface area (TPSA) is 17.1 Å². The number of rotatable bonds is 3. The highest BCUT2D eigenvalue weighted by molar-refractivity contribution is 6.55. The first kappa shape index (κ1) is 20.5. The Labute approximate surface area is 176 Å². The van der Waals surface area contributed by atoms with Crippen molar-refractivity contribution in [2.45, 2.75) is 108 Å². The molecule has 4 aliphatic rings. The lowest BCUT2D eigenvalue weighted by atomic mass is 9.42. The third-order valence-corrected chi connectivity index (χ3v) is 10.8. The molecule has 0 aromatic heterocycles. The summed E-state index contributed by atoms with van der Waals surface area (Å²) in [7, 11) is 0. The molecule has 0 N–H and O–H groups in total. The highest BCUT2D eigenvalue weighted by atomic mass is 35.5. The van der Waals surface area contributed by atoms with Gasteiger partial charge in [-0.05, 0) is 87.9 Å². The zero-order valence-electron chi connectivity index (χ0n) is 17.4. The fourth-order valence-electron chi connectivity index (χ4n) is 7.45. The van der Waals surface area contributed by atoms with Gasteiger partial charge < -0.3 is 0 Å². The maximum atomic E-state index is 13.6. The van der Waals surface area contributed by atoms with Crippen LogP contribution in [0.1, 0.15) is 104 Å². The van der Waals surface area contributed by atoms with Crippen molar-refractivity contribution in [2.24, 2.45) is 34.5 Å². The molecule has 154 valence electrons. The molecule has 3 heteroatoms. The van der Waals surface area contributed by atoms with Crippen LogP contribution in [0.3, 0.4) is 0 Å². The molecule has 2 spiro atoms. The Balaban J connectivity index is 1.40. The Bertz CT molecular complexity index is 545. The highest BCUT2D eigenvalue weighted by Crippen LogP contribution is 2.74. The Morgan fingerprint density at radius 3 is 1.78 bits per heavy atom. The van der Waals surface area contributed by atoms with Gasteiger partial charge in [-0.25, -0.2) is 0 Å². The van der Waals surface area contributed by atoms with E-state index in [1.54, 1.807) is 0 Å². The van der Waals surface area contributed by atoms with Crippen LogP contribution >= 0.6 is 23.2 Å². The quantitative estimate of drug-likeness (QED) is 0.433. The van der Waals surface area contributed by atoms with E-state index in [-0.39, 0.29) is 0 Å². The summed E-state index contributed by atoms with van der Waals surface area (Å²) in [4.78, 5) is 13.6. The largest absolute Gasteiger partial charge is 0.298 e. The summed E-state index contributed by atoms with van der Waals surface area (Å²) < 4.78 is -0.819. The van der Waals surface area contributed by atoms with E-state index in [1.165, 1.54) is 51.4 Å². The summed E-state index contributed by atoms with van der Waals surface area (Å²) in [5, 5.41) is 0. The van der Waals surface area contributed by atoms with Gasteiger partial charge in [0, 0.05) is 0 Å². The lowest BCUT2D eigenvalue weighted by Crippen LogP contribution is -2.74. The van der Waals surface area contributed by atoms with E-state index in [2.05, 4.69) is 13.8 Å². The van der Waals surface area contributed by atoms with Gasteiger partial charge in [-0.2, -0.15) is 0 Å². The first-order valence-electron chi connectivity index (χ1n) is 11.8. The maximum Gasteiger partial charge on any atom is 0.151 e. The molecule has 4 saturated carbocycles. The maximum absolute atomic E-state index is 13.6. The molecule has 4 aliphatic carbocycles. The average Bonchev–Trinajstić information content (AvgIpc) is 2.69. The first-order chi connectivity index (χ1) is 12.9. The Morgan fingerprint density at radius 2 is 1.30 bits per heavy atom. The summed E-state index contributed by atoms with van der Waals surface area (Å²) in [6, 6.07) is 0. The van der Waals surface area contributed by atoms with Crippen molar-refractivity contribution >= 4 is 29.0 Å². The van der Waals surface area contributed by atoms with Gasteiger partial charge in [-0.15, -0.1) is 0 Å². The number of Topliss-reactive ketones (excluding diaryl/α,β-unsaturated/α-hetero) is 1. The van der Waals surface area contributed by atoms with E-state index in [0.29, 0.717) is 5.78 Å². The predicted octanol–water partition coefficient (Wildman–Crippen LogP) is 7.72. The molecular formula is C24H38Cl2O. The van der Waals surface area contributed by atoms with Gasteiger partial charge in [0.25, 0.3) is 0 Å². The Hall–Kier alpha value is 0.250. The minimum atomic E-state index is -0.819. The number of hydrogen-bond acceptors (Lipinski definition) is 1. The molecule has 0 aliphatic heterocycles. The van der Waals surface area contributed by atoms with E-state index < -0.39 is 15.2 Å². The van der Waals surface area contributed by atoms with Crippen LogP contribution in [0.15, 0.2) is 0 Å². The van der Waals surface area contributed by atoms with E-state index in [9.17, 15) is 4.79 Å². The lowest BCUT2D eigenvalue weighted by molar-refractivity contribution is -0.173. The summed E-state index contributed by atoms with van der Waals surface area (Å²) >= 11 is 14.2. The van der Waals surface area contributed by atoms with Crippen molar-refractivity contribution in [2.75, 3.05) is 0 Å². The standard InChI is InChI=1S/C24H38Cl2O/c1-3-4-18-9-13-22(14-10-18)21(27)23(24(22,25)26)15-11-20(12-16-23)19-7-5-17(2)6-8-19/h17-20H,3-16H2,1-2H3. The molecule has 0 heterocycles. The number of ketones is 1. The number of carbonyl (C=O) groups excluding carboxylic acids is 1. The molecule has 0 radical (unpaired) electrons. The first-order valence-corrected chi connectivity index (χ1v) is 12.5. The molecule has 0 unspecified atom stereocenters. The minimum absolute atomic E-state index is 0.423. The number of alkyl halides is 2. The van der Waals surface area contributed by atoms with Gasteiger partial charge in [0.15, 0.2) is 5.78 Å². The van der Waals surface area contributed by atoms with Crippen LogP contribution in [0.25, 0.3) is 0 Å². The molecule has 1 nitrogen and oxygen atoms in total. The van der Waals surface area contributed by atoms with Gasteiger partial charge in [0.05, 0.1) is 10.8 Å². The number of carbonyl (C=O) groups is 1. The third-order valence-electron chi connectivity index (χ3n) is 9.34. The second-order valence-corrected chi connectivity index (χ2v) is 12.0. The van der Waals surface area contributed by atoms with Crippen LogP contribution in [-0.4, -0.2) is 10.1 Å². The van der Waals surface area contributed by atoms with Gasteiger partial charge in [-0.3, -0.25) is 4.79 Å². The Morgan fingerprint density at radius 1 is 0.815 bits per heavy atom. The van der Waals surface area contributed by atoms with Crippen LogP contribution in [0.4, 0.5) is 0 Å². The predicted molar refractivity (Wildman–Crippen MR) is 114 cm³/mol. The van der Waals surface area contributed by atoms with Crippen molar-refractivity contribution in [3.8, 4) is 0 Å². The molecule has 0 saturated heterocycles. The SMILES string of the molecule is CCCC1CCC2(CC1)C(=O)C1(CCC(C3CCC(C)CC3)CC1)C2(Cl)Cl. The van der Waals surface area contributed by atoms with Gasteiger partial charge in [-0.1, -0.05) is 62.7 Å². The lowest BCUT2D eigenvalue weighted by Gasteiger charge is -2.67. The molecule has 4 fully saturated rings. The van der Waals surface area contributed by atoms with Crippen molar-refractivity contribution in [3.63, 3.8) is 0 Å². The van der Waals surface area contributed by atoms with Crippen molar-refractivity contribution < 1.29 is 4.79 Å². The fraction of sp³-hybridized carbons (Fsp3) is 0.958. The highest BCUT2D eigenvalue weighted by Gasteiger charge is 2.79. The van der Waals surface area contributed by atoms with Crippen LogP contribution in [-0.2, 0) is 4.79 Å². The summed E-state index contributed by atoms with van der Waals surface area (Å²) in [5.74, 6) is 3.82. The number of hydrogen-bond donors (Lipinski definition) is 0. The molecule has 0 atom stereocenters. The molecule has 4 rings (SSSR count). The van der Waals surface area contributed by atoms with Crippen LogP contribution in [0.2, 0.25) is 0 Å². The zero-order valence-corrected chi connectivity index (χ0v) is 18.9. The van der Waals surface area contributed by atoms with Crippen LogP contribution in [0, 0.1) is 34.5 Å². The molecule has 27 heavy (non-hydrogen) atoms.